The summed E-state index contributed by atoms with van der Waals surface area (Å²) in [5.74, 6) is 0.907. The van der Waals surface area contributed by atoms with Crippen molar-refractivity contribution in [3.63, 3.8) is 0 Å². The Bertz CT molecular complexity index is 751. The highest BCUT2D eigenvalue weighted by molar-refractivity contribution is 5.79. The Hall–Kier alpha value is -2.76. The molecule has 1 aliphatic rings. The van der Waals surface area contributed by atoms with Crippen LogP contribution in [0.15, 0.2) is 53.8 Å². The number of aromatic nitrogens is 2. The predicted octanol–water partition coefficient (Wildman–Crippen LogP) is 2.39. The van der Waals surface area contributed by atoms with Crippen LogP contribution in [-0.4, -0.2) is 47.3 Å². The highest BCUT2D eigenvalue weighted by atomic mass is 15.3. The molecule has 0 saturated carbocycles. The minimum absolute atomic E-state index is 0.665. The van der Waals surface area contributed by atoms with Crippen LogP contribution in [0.25, 0.3) is 0 Å². The Morgan fingerprint density at radius 3 is 2.54 bits per heavy atom. The molecule has 0 unspecified atom stereocenters. The van der Waals surface area contributed by atoms with Gasteiger partial charge < -0.3 is 15.1 Å². The lowest BCUT2D eigenvalue weighted by atomic mass is 10.2. The molecule has 1 N–H and O–H groups in total. The maximum Gasteiger partial charge on any atom is 0.194 e. The van der Waals surface area contributed by atoms with Gasteiger partial charge in [-0.25, -0.2) is 4.99 Å². The molecule has 0 fully saturated rings. The third-order valence-electron chi connectivity index (χ3n) is 4.41. The zero-order valence-corrected chi connectivity index (χ0v) is 15.9. The first-order valence-corrected chi connectivity index (χ1v) is 9.11. The summed E-state index contributed by atoms with van der Waals surface area (Å²) in [5.41, 5.74) is 3.65. The summed E-state index contributed by atoms with van der Waals surface area (Å²) in [5, 5.41) is 7.60. The lowest BCUT2D eigenvalue weighted by molar-refractivity contribution is 0.476. The average Bonchev–Trinajstić information content (AvgIpc) is 3.31. The van der Waals surface area contributed by atoms with Crippen molar-refractivity contribution < 1.29 is 0 Å². The number of benzene rings is 1. The number of nitrogens with one attached hydrogen (secondary N) is 1. The molecule has 0 atom stereocenters. The molecule has 0 spiro atoms. The topological polar surface area (TPSA) is 48.7 Å². The highest BCUT2D eigenvalue weighted by Gasteiger charge is 2.09. The van der Waals surface area contributed by atoms with Crippen LogP contribution in [-0.2, 0) is 20.1 Å². The normalized spacial score (nSPS) is 14.1. The first kappa shape index (κ1) is 18.0. The number of aliphatic imine (C=N–C) groups is 1. The van der Waals surface area contributed by atoms with E-state index < -0.39 is 0 Å². The van der Waals surface area contributed by atoms with Crippen molar-refractivity contribution in [3.05, 3.63) is 59.9 Å². The van der Waals surface area contributed by atoms with Crippen LogP contribution in [0.1, 0.15) is 18.1 Å². The van der Waals surface area contributed by atoms with Gasteiger partial charge in [0.15, 0.2) is 5.96 Å². The summed E-state index contributed by atoms with van der Waals surface area (Å²) in [7, 11) is 3.99. The minimum Gasteiger partial charge on any atom is -0.364 e. The molecule has 0 bridgehead atoms. The van der Waals surface area contributed by atoms with E-state index >= 15 is 0 Å². The van der Waals surface area contributed by atoms with Crippen LogP contribution in [0.5, 0.6) is 0 Å². The van der Waals surface area contributed by atoms with E-state index in [9.17, 15) is 0 Å². The molecule has 1 aromatic heterocycles. The Labute approximate surface area is 155 Å². The van der Waals surface area contributed by atoms with Crippen LogP contribution >= 0.6 is 0 Å². The number of hydrogen-bond acceptors (Lipinski definition) is 3. The van der Waals surface area contributed by atoms with Crippen molar-refractivity contribution in [3.8, 4) is 0 Å². The van der Waals surface area contributed by atoms with Crippen molar-refractivity contribution in [2.24, 2.45) is 12.0 Å². The fraction of sp³-hybridized carbons (Fsp3) is 0.400. The van der Waals surface area contributed by atoms with E-state index in [1.54, 1.807) is 0 Å². The molecule has 2 aromatic rings. The number of hydrogen-bond donors (Lipinski definition) is 1. The number of aryl methyl sites for hydroxylation is 1. The lowest BCUT2D eigenvalue weighted by Gasteiger charge is -2.21. The molecule has 1 aliphatic heterocycles. The van der Waals surface area contributed by atoms with Crippen molar-refractivity contribution in [1.82, 2.24) is 20.0 Å². The maximum atomic E-state index is 4.79. The van der Waals surface area contributed by atoms with Gasteiger partial charge >= 0.3 is 0 Å². The average molecular weight is 352 g/mol. The summed E-state index contributed by atoms with van der Waals surface area (Å²) >= 11 is 0. The van der Waals surface area contributed by atoms with Gasteiger partial charge in [0.2, 0.25) is 0 Å². The van der Waals surface area contributed by atoms with E-state index in [-0.39, 0.29) is 0 Å². The molecule has 0 aliphatic carbocycles. The molecule has 3 rings (SSSR count). The number of anilines is 1. The fourth-order valence-corrected chi connectivity index (χ4v) is 3.04. The van der Waals surface area contributed by atoms with E-state index in [4.69, 9.17) is 4.99 Å². The van der Waals surface area contributed by atoms with Crippen LogP contribution in [0.2, 0.25) is 0 Å². The SMILES string of the molecule is CCNC(=NCc1ccc(N2CC=CC2)cc1)N(C)Cc1cnn(C)c1. The smallest absolute Gasteiger partial charge is 0.194 e. The molecule has 0 amide bonds. The van der Waals surface area contributed by atoms with Crippen LogP contribution < -0.4 is 10.2 Å². The molecule has 6 heteroatoms. The van der Waals surface area contributed by atoms with Gasteiger partial charge in [-0.15, -0.1) is 0 Å². The maximum absolute atomic E-state index is 4.79. The van der Waals surface area contributed by atoms with Crippen LogP contribution in [0, 0.1) is 0 Å². The van der Waals surface area contributed by atoms with Crippen LogP contribution in [0.3, 0.4) is 0 Å². The first-order valence-electron chi connectivity index (χ1n) is 9.11. The Morgan fingerprint density at radius 1 is 1.19 bits per heavy atom. The molecule has 2 heterocycles. The van der Waals surface area contributed by atoms with Gasteiger partial charge in [0.05, 0.1) is 12.7 Å². The quantitative estimate of drug-likeness (QED) is 0.493. The Morgan fingerprint density at radius 2 is 1.92 bits per heavy atom. The molecule has 1 aromatic carbocycles. The van der Waals surface area contributed by atoms with Crippen molar-refractivity contribution in [1.29, 1.82) is 0 Å². The van der Waals surface area contributed by atoms with Crippen molar-refractivity contribution in [2.45, 2.75) is 20.0 Å². The number of nitrogens with zero attached hydrogens (tertiary/aromatic N) is 5. The second-order valence-electron chi connectivity index (χ2n) is 6.59. The Balaban J connectivity index is 1.62. The highest BCUT2D eigenvalue weighted by Crippen LogP contribution is 2.18. The van der Waals surface area contributed by atoms with Gasteiger partial charge in [0.25, 0.3) is 0 Å². The van der Waals surface area contributed by atoms with Gasteiger partial charge in [-0.2, -0.15) is 5.10 Å². The predicted molar refractivity (Wildman–Crippen MR) is 107 cm³/mol. The Kier molecular flexibility index (Phi) is 5.94. The second kappa shape index (κ2) is 8.56. The molecule has 26 heavy (non-hydrogen) atoms. The molecule has 0 saturated heterocycles. The molecular formula is C20H28N6. The van der Waals surface area contributed by atoms with Crippen molar-refractivity contribution in [2.75, 3.05) is 31.6 Å². The van der Waals surface area contributed by atoms with Crippen molar-refractivity contribution >= 4 is 11.6 Å². The summed E-state index contributed by atoms with van der Waals surface area (Å²) in [6.45, 7) is 6.38. The summed E-state index contributed by atoms with van der Waals surface area (Å²) in [6, 6.07) is 8.71. The number of rotatable bonds is 6. The van der Waals surface area contributed by atoms with Gasteiger partial charge in [-0.1, -0.05) is 24.3 Å². The largest absolute Gasteiger partial charge is 0.364 e. The fourth-order valence-electron chi connectivity index (χ4n) is 3.04. The molecule has 6 nitrogen and oxygen atoms in total. The van der Waals surface area contributed by atoms with E-state index in [2.05, 4.69) is 70.6 Å². The summed E-state index contributed by atoms with van der Waals surface area (Å²) in [6.07, 6.45) is 8.34. The summed E-state index contributed by atoms with van der Waals surface area (Å²) in [4.78, 5) is 9.27. The van der Waals surface area contributed by atoms with E-state index in [1.165, 1.54) is 16.8 Å². The van der Waals surface area contributed by atoms with Crippen LogP contribution in [0.4, 0.5) is 5.69 Å². The monoisotopic (exact) mass is 352 g/mol. The van der Waals surface area contributed by atoms with E-state index in [1.807, 2.05) is 24.1 Å². The third-order valence-corrected chi connectivity index (χ3v) is 4.41. The van der Waals surface area contributed by atoms with E-state index in [0.29, 0.717) is 6.54 Å². The zero-order chi connectivity index (χ0) is 18.4. The third kappa shape index (κ3) is 4.65. The molecule has 0 radical (unpaired) electrons. The molecule has 138 valence electrons. The van der Waals surface area contributed by atoms with Gasteiger partial charge in [0, 0.05) is 57.7 Å². The van der Waals surface area contributed by atoms with Gasteiger partial charge in [0.1, 0.15) is 0 Å². The standard InChI is InChI=1S/C20H28N6/c1-4-21-20(24(2)15-18-14-23-25(3)16-18)22-13-17-7-9-19(10-8-17)26-11-5-6-12-26/h5-10,14,16H,4,11-13,15H2,1-3H3,(H,21,22). The lowest BCUT2D eigenvalue weighted by Crippen LogP contribution is -2.38. The second-order valence-corrected chi connectivity index (χ2v) is 6.59. The van der Waals surface area contributed by atoms with E-state index in [0.717, 1.165) is 32.1 Å². The molecular weight excluding hydrogens is 324 g/mol. The summed E-state index contributed by atoms with van der Waals surface area (Å²) < 4.78 is 1.82. The minimum atomic E-state index is 0.665. The van der Waals surface area contributed by atoms with Gasteiger partial charge in [-0.05, 0) is 24.6 Å². The number of guanidine groups is 1. The first-order chi connectivity index (χ1) is 12.7. The van der Waals surface area contributed by atoms with Gasteiger partial charge in [-0.3, -0.25) is 4.68 Å². The zero-order valence-electron chi connectivity index (χ0n) is 15.9.